The predicted molar refractivity (Wildman–Crippen MR) is 237 cm³/mol. The van der Waals surface area contributed by atoms with E-state index in [9.17, 15) is 0 Å². The van der Waals surface area contributed by atoms with Gasteiger partial charge in [-0.2, -0.15) is 0 Å². The van der Waals surface area contributed by atoms with E-state index in [0.29, 0.717) is 0 Å². The summed E-state index contributed by atoms with van der Waals surface area (Å²) in [6.07, 6.45) is 0. The Hall–Kier alpha value is -7.62. The minimum absolute atomic E-state index is 0.828. The fourth-order valence-electron chi connectivity index (χ4n) is 9.59. The minimum Gasteiger partial charge on any atom is -0.456 e. The van der Waals surface area contributed by atoms with Crippen LogP contribution in [0.2, 0.25) is 0 Å². The van der Waals surface area contributed by atoms with Crippen molar-refractivity contribution in [2.75, 3.05) is 0 Å². The molecule has 3 heterocycles. The summed E-state index contributed by atoms with van der Waals surface area (Å²) in [5.74, 6) is 0. The van der Waals surface area contributed by atoms with Gasteiger partial charge in [0.15, 0.2) is 0 Å². The number of hydrogen-bond acceptors (Lipinski definition) is 3. The van der Waals surface area contributed by atoms with E-state index in [1.807, 2.05) is 24.3 Å². The Balaban J connectivity index is 0.996. The molecule has 0 bridgehead atoms. The van der Waals surface area contributed by atoms with Gasteiger partial charge in [-0.15, -0.1) is 0 Å². The molecule has 264 valence electrons. The van der Waals surface area contributed by atoms with E-state index < -0.39 is 0 Å². The van der Waals surface area contributed by atoms with Crippen molar-refractivity contribution in [3.63, 3.8) is 0 Å². The zero-order valence-corrected chi connectivity index (χ0v) is 30.5. The molecule has 57 heavy (non-hydrogen) atoms. The van der Waals surface area contributed by atoms with Crippen LogP contribution in [0.3, 0.4) is 0 Å². The molecule has 0 aliphatic rings. The zero-order chi connectivity index (χ0) is 37.2. The van der Waals surface area contributed by atoms with Crippen molar-refractivity contribution in [3.05, 3.63) is 182 Å². The maximum atomic E-state index is 6.64. The first kappa shape index (κ1) is 30.7. The summed E-state index contributed by atoms with van der Waals surface area (Å²) in [5.41, 5.74) is 12.3. The Morgan fingerprint density at radius 3 is 1.40 bits per heavy atom. The van der Waals surface area contributed by atoms with Gasteiger partial charge >= 0.3 is 0 Å². The highest BCUT2D eigenvalue weighted by Gasteiger charge is 2.21. The Morgan fingerprint density at radius 1 is 0.246 bits per heavy atom. The van der Waals surface area contributed by atoms with Crippen LogP contribution in [-0.4, -0.2) is 0 Å². The fourth-order valence-corrected chi connectivity index (χ4v) is 9.59. The largest absolute Gasteiger partial charge is 0.456 e. The smallest absolute Gasteiger partial charge is 0.147 e. The molecule has 0 radical (unpaired) electrons. The number of furan rings is 3. The number of rotatable bonds is 3. The van der Waals surface area contributed by atoms with E-state index in [1.165, 1.54) is 49.2 Å². The third-order valence-electron chi connectivity index (χ3n) is 12.1. The lowest BCUT2D eigenvalue weighted by Crippen LogP contribution is -1.91. The molecular weight excluding hydrogens is 697 g/mol. The predicted octanol–water partition coefficient (Wildman–Crippen LogP) is 15.8. The Labute approximate surface area is 325 Å². The number of para-hydroxylation sites is 2. The standard InChI is InChI=1S/C54H30O3/c1-2-14-37-34(11-1)43(30-49-52(37)53-48(56-49)28-26-42-35-12-7-10-20-46(35)57-54(42)53)31-21-23-32(24-22-31)50-38-15-3-5-17-40(38)51(41-18-6-4-16-39(41)50)33-25-27-47-44(29-33)36-13-8-9-19-45(36)55-47/h1-30H. The van der Waals surface area contributed by atoms with Gasteiger partial charge in [-0.3, -0.25) is 0 Å². The maximum Gasteiger partial charge on any atom is 0.147 e. The van der Waals surface area contributed by atoms with Crippen molar-refractivity contribution in [3.8, 4) is 33.4 Å². The average Bonchev–Trinajstić information content (AvgIpc) is 3.96. The van der Waals surface area contributed by atoms with Crippen molar-refractivity contribution in [1.29, 1.82) is 0 Å². The first-order valence-electron chi connectivity index (χ1n) is 19.4. The van der Waals surface area contributed by atoms with Crippen LogP contribution in [0.15, 0.2) is 195 Å². The second kappa shape index (κ2) is 11.5. The number of benzene rings is 10. The third-order valence-corrected chi connectivity index (χ3v) is 12.1. The third kappa shape index (κ3) is 4.31. The lowest BCUT2D eigenvalue weighted by molar-refractivity contribution is 0.663. The molecule has 0 N–H and O–H groups in total. The maximum absolute atomic E-state index is 6.64. The van der Waals surface area contributed by atoms with Crippen LogP contribution in [0.1, 0.15) is 0 Å². The molecule has 0 unspecified atom stereocenters. The molecule has 0 saturated heterocycles. The van der Waals surface area contributed by atoms with Gasteiger partial charge in [-0.05, 0) is 108 Å². The summed E-state index contributed by atoms with van der Waals surface area (Å²) < 4.78 is 19.4. The topological polar surface area (TPSA) is 39.4 Å². The summed E-state index contributed by atoms with van der Waals surface area (Å²) in [4.78, 5) is 0. The first-order valence-corrected chi connectivity index (χ1v) is 19.4. The van der Waals surface area contributed by atoms with Gasteiger partial charge in [0, 0.05) is 26.9 Å². The van der Waals surface area contributed by atoms with Gasteiger partial charge in [0.2, 0.25) is 0 Å². The SMILES string of the molecule is c1ccc2c(c1)oc1ccc(-c3c4ccccc4c(-c4ccc(-c5cc6oc7ccc8c9ccccc9oc8c7c6c6ccccc56)cc4)c4ccccc34)cc12. The summed E-state index contributed by atoms with van der Waals surface area (Å²) in [7, 11) is 0. The van der Waals surface area contributed by atoms with E-state index in [-0.39, 0.29) is 0 Å². The van der Waals surface area contributed by atoms with Crippen LogP contribution < -0.4 is 0 Å². The van der Waals surface area contributed by atoms with E-state index in [4.69, 9.17) is 13.3 Å². The van der Waals surface area contributed by atoms with Gasteiger partial charge in [-0.25, -0.2) is 0 Å². The molecule has 3 aromatic heterocycles. The van der Waals surface area contributed by atoms with Crippen molar-refractivity contribution in [1.82, 2.24) is 0 Å². The molecule has 0 atom stereocenters. The van der Waals surface area contributed by atoms with Crippen LogP contribution in [0.5, 0.6) is 0 Å². The van der Waals surface area contributed by atoms with Gasteiger partial charge < -0.3 is 13.3 Å². The Kier molecular flexibility index (Phi) is 6.16. The van der Waals surface area contributed by atoms with Crippen molar-refractivity contribution >= 4 is 98.1 Å². The molecule has 0 fully saturated rings. The molecule has 13 rings (SSSR count). The van der Waals surface area contributed by atoms with Gasteiger partial charge in [0.05, 0.1) is 5.39 Å². The molecule has 10 aromatic carbocycles. The Morgan fingerprint density at radius 2 is 0.719 bits per heavy atom. The van der Waals surface area contributed by atoms with Gasteiger partial charge in [0.1, 0.15) is 33.5 Å². The van der Waals surface area contributed by atoms with Crippen LogP contribution in [0, 0.1) is 0 Å². The minimum atomic E-state index is 0.828. The second-order valence-corrected chi connectivity index (χ2v) is 15.1. The van der Waals surface area contributed by atoms with E-state index in [2.05, 4.69) is 158 Å². The van der Waals surface area contributed by atoms with Gasteiger partial charge in [-0.1, -0.05) is 140 Å². The molecule has 0 aliphatic heterocycles. The van der Waals surface area contributed by atoms with Crippen molar-refractivity contribution in [2.24, 2.45) is 0 Å². The summed E-state index contributed by atoms with van der Waals surface area (Å²) in [5, 5.41) is 13.8. The first-order chi connectivity index (χ1) is 28.3. The monoisotopic (exact) mass is 726 g/mol. The molecule has 13 aromatic rings. The Bertz CT molecular complexity index is 3740. The van der Waals surface area contributed by atoms with E-state index >= 15 is 0 Å². The highest BCUT2D eigenvalue weighted by molar-refractivity contribution is 6.29. The summed E-state index contributed by atoms with van der Waals surface area (Å²) >= 11 is 0. The quantitative estimate of drug-likeness (QED) is 0.170. The normalized spacial score (nSPS) is 12.2. The molecule has 0 amide bonds. The fraction of sp³-hybridized carbons (Fsp3) is 0. The number of hydrogen-bond donors (Lipinski definition) is 0. The van der Waals surface area contributed by atoms with Crippen LogP contribution in [0.25, 0.3) is 132 Å². The molecule has 3 nitrogen and oxygen atoms in total. The zero-order valence-electron chi connectivity index (χ0n) is 30.5. The van der Waals surface area contributed by atoms with Crippen LogP contribution in [-0.2, 0) is 0 Å². The average molecular weight is 727 g/mol. The molecule has 0 aliphatic carbocycles. The molecular formula is C54H30O3. The number of fused-ring (bicyclic) bond motifs is 14. The van der Waals surface area contributed by atoms with E-state index in [0.717, 1.165) is 82.3 Å². The lowest BCUT2D eigenvalue weighted by atomic mass is 9.85. The second-order valence-electron chi connectivity index (χ2n) is 15.1. The lowest BCUT2D eigenvalue weighted by Gasteiger charge is -2.18. The van der Waals surface area contributed by atoms with Crippen molar-refractivity contribution < 1.29 is 13.3 Å². The molecule has 3 heteroatoms. The summed E-state index contributed by atoms with van der Waals surface area (Å²) in [6.45, 7) is 0. The van der Waals surface area contributed by atoms with Crippen LogP contribution >= 0.6 is 0 Å². The van der Waals surface area contributed by atoms with Crippen LogP contribution in [0.4, 0.5) is 0 Å². The molecule has 0 saturated carbocycles. The van der Waals surface area contributed by atoms with E-state index in [1.54, 1.807) is 0 Å². The highest BCUT2D eigenvalue weighted by atomic mass is 16.3. The van der Waals surface area contributed by atoms with Gasteiger partial charge in [0.25, 0.3) is 0 Å². The molecule has 0 spiro atoms. The highest BCUT2D eigenvalue weighted by Crippen LogP contribution is 2.47. The summed E-state index contributed by atoms with van der Waals surface area (Å²) in [6, 6.07) is 65.0. The van der Waals surface area contributed by atoms with Crippen molar-refractivity contribution in [2.45, 2.75) is 0 Å².